The number of carbonyl (C=O) groups is 1. The van der Waals surface area contributed by atoms with Gasteiger partial charge in [-0.1, -0.05) is 30.9 Å². The van der Waals surface area contributed by atoms with E-state index in [1.807, 2.05) is 25.2 Å². The smallest absolute Gasteiger partial charge is 0.302 e. The Morgan fingerprint density at radius 2 is 2.35 bits per heavy atom. The number of anilines is 1. The second kappa shape index (κ2) is 8.00. The van der Waals surface area contributed by atoms with Gasteiger partial charge in [-0.05, 0) is 30.3 Å². The van der Waals surface area contributed by atoms with Crippen molar-refractivity contribution in [3.63, 3.8) is 0 Å². The molecule has 6 nitrogen and oxygen atoms in total. The fourth-order valence-corrected chi connectivity index (χ4v) is 1.97. The standard InChI is InChI=1S/C13H15N3O3S/c1-3-5-6-10(4-2)7-8-11(17)15-13-14-9-12(20-13)16(18)19/h3-6,9H,2,7-8H2,1H3,(H,14,15,17)/b5-3-,10-6+. The number of hydrogen-bond donors (Lipinski definition) is 1. The Balaban J connectivity index is 2.50. The summed E-state index contributed by atoms with van der Waals surface area (Å²) < 4.78 is 0. The van der Waals surface area contributed by atoms with Crippen LogP contribution in [0.5, 0.6) is 0 Å². The first kappa shape index (κ1) is 15.8. The minimum atomic E-state index is -0.539. The van der Waals surface area contributed by atoms with Crippen LogP contribution in [0.2, 0.25) is 0 Å². The zero-order valence-electron chi connectivity index (χ0n) is 11.0. The number of nitro groups is 1. The minimum Gasteiger partial charge on any atom is -0.302 e. The molecule has 0 aliphatic carbocycles. The number of nitrogens with zero attached hydrogens (tertiary/aromatic N) is 2. The molecule has 20 heavy (non-hydrogen) atoms. The van der Waals surface area contributed by atoms with E-state index in [9.17, 15) is 14.9 Å². The molecule has 1 amide bonds. The molecular weight excluding hydrogens is 278 g/mol. The Hall–Kier alpha value is -2.28. The zero-order chi connectivity index (χ0) is 15.0. The summed E-state index contributed by atoms with van der Waals surface area (Å²) in [5, 5.41) is 13.2. The van der Waals surface area contributed by atoms with Gasteiger partial charge in [-0.3, -0.25) is 14.9 Å². The summed E-state index contributed by atoms with van der Waals surface area (Å²) in [5.74, 6) is -0.234. The van der Waals surface area contributed by atoms with Crippen LogP contribution < -0.4 is 5.32 Å². The third-order valence-electron chi connectivity index (χ3n) is 2.33. The van der Waals surface area contributed by atoms with Crippen molar-refractivity contribution in [3.8, 4) is 0 Å². The molecule has 1 heterocycles. The quantitative estimate of drug-likeness (QED) is 0.474. The molecule has 0 saturated carbocycles. The predicted octanol–water partition coefficient (Wildman–Crippen LogP) is 3.46. The predicted molar refractivity (Wildman–Crippen MR) is 79.7 cm³/mol. The number of allylic oxidation sites excluding steroid dienone is 5. The number of rotatable bonds is 7. The number of nitrogens with one attached hydrogen (secondary N) is 1. The zero-order valence-corrected chi connectivity index (χ0v) is 11.9. The molecule has 0 saturated heterocycles. The number of aromatic nitrogens is 1. The largest absolute Gasteiger partial charge is 0.345 e. The van der Waals surface area contributed by atoms with E-state index < -0.39 is 4.92 Å². The molecule has 0 radical (unpaired) electrons. The first-order valence-electron chi connectivity index (χ1n) is 5.91. The van der Waals surface area contributed by atoms with Crippen molar-refractivity contribution < 1.29 is 9.72 Å². The fraction of sp³-hybridized carbons (Fsp3) is 0.231. The van der Waals surface area contributed by atoms with E-state index in [0.717, 1.165) is 23.1 Å². The molecule has 0 spiro atoms. The average Bonchev–Trinajstić information content (AvgIpc) is 2.87. The summed E-state index contributed by atoms with van der Waals surface area (Å²) in [7, 11) is 0. The minimum absolute atomic E-state index is 0.0972. The SMILES string of the molecule is C=C/C(=C\C=C/C)CCC(=O)Nc1ncc([N+](=O)[O-])s1. The van der Waals surface area contributed by atoms with Crippen molar-refractivity contribution in [2.75, 3.05) is 5.32 Å². The van der Waals surface area contributed by atoms with E-state index in [0.29, 0.717) is 6.42 Å². The van der Waals surface area contributed by atoms with E-state index in [1.165, 1.54) is 0 Å². The van der Waals surface area contributed by atoms with Gasteiger partial charge in [-0.25, -0.2) is 4.98 Å². The van der Waals surface area contributed by atoms with Gasteiger partial charge in [0.05, 0.1) is 4.92 Å². The topological polar surface area (TPSA) is 85.1 Å². The summed E-state index contributed by atoms with van der Waals surface area (Å²) in [6, 6.07) is 0. The van der Waals surface area contributed by atoms with Gasteiger partial charge in [-0.2, -0.15) is 0 Å². The highest BCUT2D eigenvalue weighted by molar-refractivity contribution is 7.18. The second-order valence-electron chi connectivity index (χ2n) is 3.78. The van der Waals surface area contributed by atoms with E-state index in [2.05, 4.69) is 16.9 Å². The van der Waals surface area contributed by atoms with Gasteiger partial charge in [0.15, 0.2) is 5.13 Å². The third-order valence-corrected chi connectivity index (χ3v) is 3.19. The van der Waals surface area contributed by atoms with Gasteiger partial charge in [-0.15, -0.1) is 0 Å². The molecule has 1 N–H and O–H groups in total. The number of hydrogen-bond acceptors (Lipinski definition) is 5. The lowest BCUT2D eigenvalue weighted by molar-refractivity contribution is -0.380. The van der Waals surface area contributed by atoms with E-state index >= 15 is 0 Å². The van der Waals surface area contributed by atoms with Gasteiger partial charge in [0.2, 0.25) is 5.91 Å². The van der Waals surface area contributed by atoms with Crippen LogP contribution in [0.1, 0.15) is 19.8 Å². The molecular formula is C13H15N3O3S. The molecule has 7 heteroatoms. The molecule has 0 bridgehead atoms. The lowest BCUT2D eigenvalue weighted by Crippen LogP contribution is -2.10. The number of thiazole rings is 1. The van der Waals surface area contributed by atoms with Crippen molar-refractivity contribution in [2.24, 2.45) is 0 Å². The van der Waals surface area contributed by atoms with Crippen molar-refractivity contribution in [1.82, 2.24) is 4.98 Å². The van der Waals surface area contributed by atoms with E-state index in [-0.39, 0.29) is 22.5 Å². The van der Waals surface area contributed by atoms with Crippen LogP contribution in [-0.2, 0) is 4.79 Å². The van der Waals surface area contributed by atoms with Crippen LogP contribution in [0.15, 0.2) is 42.7 Å². The summed E-state index contributed by atoms with van der Waals surface area (Å²) in [4.78, 5) is 25.4. The molecule has 1 rings (SSSR count). The Bertz CT molecular complexity index is 561. The van der Waals surface area contributed by atoms with Gasteiger partial charge in [0, 0.05) is 6.42 Å². The van der Waals surface area contributed by atoms with Crippen LogP contribution in [0.3, 0.4) is 0 Å². The summed E-state index contributed by atoms with van der Waals surface area (Å²) in [6.07, 6.45) is 9.28. The molecule has 1 aromatic heterocycles. The normalized spacial score (nSPS) is 11.6. The van der Waals surface area contributed by atoms with Crippen molar-refractivity contribution in [1.29, 1.82) is 0 Å². The summed E-state index contributed by atoms with van der Waals surface area (Å²) in [6.45, 7) is 5.58. The molecule has 0 unspecified atom stereocenters. The average molecular weight is 293 g/mol. The first-order chi connectivity index (χ1) is 9.56. The maximum atomic E-state index is 11.7. The van der Waals surface area contributed by atoms with Crippen molar-refractivity contribution in [2.45, 2.75) is 19.8 Å². The van der Waals surface area contributed by atoms with E-state index in [1.54, 1.807) is 6.08 Å². The highest BCUT2D eigenvalue weighted by atomic mass is 32.1. The van der Waals surface area contributed by atoms with Crippen molar-refractivity contribution in [3.05, 3.63) is 52.8 Å². The van der Waals surface area contributed by atoms with Gasteiger partial charge < -0.3 is 5.32 Å². The Morgan fingerprint density at radius 3 is 2.90 bits per heavy atom. The Labute approximate surface area is 120 Å². The summed E-state index contributed by atoms with van der Waals surface area (Å²) in [5.41, 5.74) is 0.948. The highest BCUT2D eigenvalue weighted by Gasteiger charge is 2.13. The number of amides is 1. The maximum absolute atomic E-state index is 11.7. The maximum Gasteiger partial charge on any atom is 0.345 e. The van der Waals surface area contributed by atoms with Crippen LogP contribution >= 0.6 is 11.3 Å². The second-order valence-corrected chi connectivity index (χ2v) is 4.79. The molecule has 0 aromatic carbocycles. The third kappa shape index (κ3) is 5.15. The van der Waals surface area contributed by atoms with Gasteiger partial charge >= 0.3 is 5.00 Å². The van der Waals surface area contributed by atoms with Crippen molar-refractivity contribution >= 4 is 27.4 Å². The molecule has 0 aliphatic rings. The van der Waals surface area contributed by atoms with Gasteiger partial charge in [0.1, 0.15) is 6.20 Å². The molecule has 0 atom stereocenters. The van der Waals surface area contributed by atoms with Crippen LogP contribution in [0.25, 0.3) is 0 Å². The Kier molecular flexibility index (Phi) is 6.31. The fourth-order valence-electron chi connectivity index (χ4n) is 1.32. The first-order valence-corrected chi connectivity index (χ1v) is 6.72. The molecule has 0 aliphatic heterocycles. The Morgan fingerprint density at radius 1 is 1.60 bits per heavy atom. The van der Waals surface area contributed by atoms with Crippen LogP contribution in [-0.4, -0.2) is 15.8 Å². The lowest BCUT2D eigenvalue weighted by atomic mass is 10.1. The van der Waals surface area contributed by atoms with Crippen LogP contribution in [0.4, 0.5) is 10.1 Å². The highest BCUT2D eigenvalue weighted by Crippen LogP contribution is 2.25. The van der Waals surface area contributed by atoms with E-state index in [4.69, 9.17) is 0 Å². The summed E-state index contributed by atoms with van der Waals surface area (Å²) >= 11 is 0.835. The lowest BCUT2D eigenvalue weighted by Gasteiger charge is -2.02. The van der Waals surface area contributed by atoms with Gasteiger partial charge in [0.25, 0.3) is 0 Å². The number of carbonyl (C=O) groups excluding carboxylic acids is 1. The van der Waals surface area contributed by atoms with Crippen LogP contribution in [0, 0.1) is 10.1 Å². The molecule has 106 valence electrons. The monoisotopic (exact) mass is 293 g/mol. The molecule has 1 aromatic rings. The molecule has 0 fully saturated rings.